The minimum absolute atomic E-state index is 0.0241. The monoisotopic (exact) mass is 263 g/mol. The van der Waals surface area contributed by atoms with Gasteiger partial charge in [-0.2, -0.15) is 0 Å². The van der Waals surface area contributed by atoms with Gasteiger partial charge in [-0.25, -0.2) is 4.79 Å². The van der Waals surface area contributed by atoms with Crippen molar-refractivity contribution in [2.24, 2.45) is 0 Å². The summed E-state index contributed by atoms with van der Waals surface area (Å²) in [5.41, 5.74) is 7.28. The average Bonchev–Trinajstić information content (AvgIpc) is 3.11. The summed E-state index contributed by atoms with van der Waals surface area (Å²) in [6.45, 7) is 0.461. The molecule has 0 saturated heterocycles. The van der Waals surface area contributed by atoms with Crippen molar-refractivity contribution in [1.82, 2.24) is 9.13 Å². The predicted octanol–water partition coefficient (Wildman–Crippen LogP) is 2.27. The Kier molecular flexibility index (Phi) is 2.67. The first-order valence-electron chi connectivity index (χ1n) is 5.96. The first-order chi connectivity index (χ1) is 8.65. The molecule has 0 bridgehead atoms. The third kappa shape index (κ3) is 2.04. The number of halogens is 1. The van der Waals surface area contributed by atoms with E-state index in [2.05, 4.69) is 0 Å². The standard InChI is InChI=1S/C13H14ClN3O/c14-12-4-1-10(15)7-9(12)8-16-5-6-17(13(16)18)11-2-3-11/h1,4-7,11H,2-3,8,15H2. The maximum absolute atomic E-state index is 12.1. The molecule has 4 nitrogen and oxygen atoms in total. The lowest BCUT2D eigenvalue weighted by Gasteiger charge is -2.06. The van der Waals surface area contributed by atoms with Crippen LogP contribution in [0.5, 0.6) is 0 Å². The van der Waals surface area contributed by atoms with Crippen LogP contribution < -0.4 is 11.4 Å². The number of benzene rings is 1. The second-order valence-electron chi connectivity index (χ2n) is 4.70. The van der Waals surface area contributed by atoms with E-state index in [1.807, 2.05) is 12.3 Å². The molecular weight excluding hydrogens is 250 g/mol. The van der Waals surface area contributed by atoms with Gasteiger partial charge < -0.3 is 5.73 Å². The third-order valence-corrected chi connectivity index (χ3v) is 3.59. The van der Waals surface area contributed by atoms with Gasteiger partial charge in [-0.05, 0) is 36.6 Å². The SMILES string of the molecule is Nc1ccc(Cl)c(Cn2ccn(C3CC3)c2=O)c1. The van der Waals surface area contributed by atoms with Crippen molar-refractivity contribution < 1.29 is 0 Å². The lowest BCUT2D eigenvalue weighted by atomic mass is 10.2. The molecule has 0 spiro atoms. The summed E-state index contributed by atoms with van der Waals surface area (Å²) in [6, 6.07) is 5.72. The van der Waals surface area contributed by atoms with Gasteiger partial charge in [0, 0.05) is 29.1 Å². The quantitative estimate of drug-likeness (QED) is 0.864. The molecule has 0 radical (unpaired) electrons. The van der Waals surface area contributed by atoms with Crippen LogP contribution >= 0.6 is 11.6 Å². The van der Waals surface area contributed by atoms with Crippen molar-refractivity contribution >= 4 is 17.3 Å². The number of anilines is 1. The van der Waals surface area contributed by atoms with Crippen molar-refractivity contribution in [2.75, 3.05) is 5.73 Å². The summed E-state index contributed by atoms with van der Waals surface area (Å²) >= 11 is 6.10. The Morgan fingerprint density at radius 1 is 1.33 bits per heavy atom. The van der Waals surface area contributed by atoms with E-state index < -0.39 is 0 Å². The molecule has 0 aliphatic heterocycles. The zero-order chi connectivity index (χ0) is 12.7. The summed E-state index contributed by atoms with van der Waals surface area (Å²) in [6.07, 6.45) is 5.85. The Morgan fingerprint density at radius 2 is 2.11 bits per heavy atom. The minimum Gasteiger partial charge on any atom is -0.399 e. The second kappa shape index (κ2) is 4.21. The molecule has 1 aromatic carbocycles. The van der Waals surface area contributed by atoms with Gasteiger partial charge in [0.15, 0.2) is 0 Å². The molecule has 1 fully saturated rings. The fourth-order valence-corrected chi connectivity index (χ4v) is 2.26. The van der Waals surface area contributed by atoms with Crippen LogP contribution in [0, 0.1) is 0 Å². The number of hydrogen-bond acceptors (Lipinski definition) is 2. The highest BCUT2D eigenvalue weighted by Gasteiger charge is 2.25. The highest BCUT2D eigenvalue weighted by atomic mass is 35.5. The number of rotatable bonds is 3. The van der Waals surface area contributed by atoms with Gasteiger partial charge in [0.1, 0.15) is 0 Å². The summed E-state index contributed by atoms with van der Waals surface area (Å²) in [7, 11) is 0. The zero-order valence-corrected chi connectivity index (χ0v) is 10.6. The van der Waals surface area contributed by atoms with E-state index in [0.717, 1.165) is 18.4 Å². The maximum atomic E-state index is 12.1. The van der Waals surface area contributed by atoms with Gasteiger partial charge >= 0.3 is 5.69 Å². The first-order valence-corrected chi connectivity index (χ1v) is 6.34. The Morgan fingerprint density at radius 3 is 2.83 bits per heavy atom. The van der Waals surface area contributed by atoms with Crippen molar-refractivity contribution in [3.8, 4) is 0 Å². The largest absolute Gasteiger partial charge is 0.399 e. The molecule has 5 heteroatoms. The molecule has 2 aromatic rings. The molecule has 0 unspecified atom stereocenters. The van der Waals surface area contributed by atoms with E-state index in [4.69, 9.17) is 17.3 Å². The summed E-state index contributed by atoms with van der Waals surface area (Å²) in [5, 5.41) is 0.635. The van der Waals surface area contributed by atoms with Gasteiger partial charge in [0.25, 0.3) is 0 Å². The number of nitrogens with zero attached hydrogens (tertiary/aromatic N) is 2. The van der Waals surface area contributed by atoms with Crippen molar-refractivity contribution in [1.29, 1.82) is 0 Å². The van der Waals surface area contributed by atoms with Gasteiger partial charge in [-0.15, -0.1) is 0 Å². The van der Waals surface area contributed by atoms with Gasteiger partial charge in [0.2, 0.25) is 0 Å². The third-order valence-electron chi connectivity index (χ3n) is 3.22. The molecule has 3 rings (SSSR count). The summed E-state index contributed by atoms with van der Waals surface area (Å²) < 4.78 is 3.46. The van der Waals surface area contributed by atoms with E-state index in [-0.39, 0.29) is 5.69 Å². The molecule has 0 atom stereocenters. The summed E-state index contributed by atoms with van der Waals surface area (Å²) in [5.74, 6) is 0. The summed E-state index contributed by atoms with van der Waals surface area (Å²) in [4.78, 5) is 12.1. The Balaban J connectivity index is 1.92. The van der Waals surface area contributed by atoms with E-state index in [1.165, 1.54) is 0 Å². The highest BCUT2D eigenvalue weighted by Crippen LogP contribution is 2.33. The topological polar surface area (TPSA) is 52.9 Å². The van der Waals surface area contributed by atoms with E-state index in [1.54, 1.807) is 27.5 Å². The van der Waals surface area contributed by atoms with Crippen LogP contribution in [0.15, 0.2) is 35.4 Å². The molecule has 18 heavy (non-hydrogen) atoms. The van der Waals surface area contributed by atoms with Crippen LogP contribution in [0.4, 0.5) is 5.69 Å². The van der Waals surface area contributed by atoms with Crippen LogP contribution in [0.25, 0.3) is 0 Å². The smallest absolute Gasteiger partial charge is 0.328 e. The fourth-order valence-electron chi connectivity index (χ4n) is 2.08. The van der Waals surface area contributed by atoms with Gasteiger partial charge in [-0.1, -0.05) is 11.6 Å². The molecule has 94 valence electrons. The van der Waals surface area contributed by atoms with E-state index >= 15 is 0 Å². The molecular formula is C13H14ClN3O. The van der Waals surface area contributed by atoms with Crippen LogP contribution in [-0.4, -0.2) is 9.13 Å². The molecule has 1 saturated carbocycles. The molecule has 0 amide bonds. The van der Waals surface area contributed by atoms with Gasteiger partial charge in [0.05, 0.1) is 6.54 Å². The predicted molar refractivity (Wildman–Crippen MR) is 71.9 cm³/mol. The number of nitrogen functional groups attached to an aromatic ring is 1. The van der Waals surface area contributed by atoms with Crippen molar-refractivity contribution in [3.05, 3.63) is 51.7 Å². The maximum Gasteiger partial charge on any atom is 0.328 e. The van der Waals surface area contributed by atoms with Crippen LogP contribution in [0.3, 0.4) is 0 Å². The molecule has 1 aliphatic carbocycles. The lowest BCUT2D eigenvalue weighted by molar-refractivity contribution is 0.656. The normalized spacial score (nSPS) is 14.9. The Bertz CT molecular complexity index is 640. The molecule has 1 aliphatic rings. The molecule has 1 heterocycles. The molecule has 2 N–H and O–H groups in total. The fraction of sp³-hybridized carbons (Fsp3) is 0.308. The number of nitrogens with two attached hydrogens (primary N) is 1. The van der Waals surface area contributed by atoms with E-state index in [0.29, 0.717) is 23.3 Å². The Labute approximate surface area is 110 Å². The Hall–Kier alpha value is -1.68. The number of aromatic nitrogens is 2. The number of hydrogen-bond donors (Lipinski definition) is 1. The van der Waals surface area contributed by atoms with E-state index in [9.17, 15) is 4.79 Å². The zero-order valence-electron chi connectivity index (χ0n) is 9.84. The number of imidazole rings is 1. The van der Waals surface area contributed by atoms with Crippen molar-refractivity contribution in [2.45, 2.75) is 25.4 Å². The van der Waals surface area contributed by atoms with Crippen molar-refractivity contribution in [3.63, 3.8) is 0 Å². The molecule has 1 aromatic heterocycles. The average molecular weight is 264 g/mol. The second-order valence-corrected chi connectivity index (χ2v) is 5.11. The highest BCUT2D eigenvalue weighted by molar-refractivity contribution is 6.31. The lowest BCUT2D eigenvalue weighted by Crippen LogP contribution is -2.23. The van der Waals surface area contributed by atoms with Crippen LogP contribution in [0.2, 0.25) is 5.02 Å². The minimum atomic E-state index is 0.0241. The van der Waals surface area contributed by atoms with Crippen LogP contribution in [0.1, 0.15) is 24.4 Å². The van der Waals surface area contributed by atoms with Gasteiger partial charge in [-0.3, -0.25) is 9.13 Å². The van der Waals surface area contributed by atoms with Crippen LogP contribution in [-0.2, 0) is 6.54 Å². The first kappa shape index (κ1) is 11.4.